The van der Waals surface area contributed by atoms with Crippen LogP contribution in [-0.2, 0) is 5.41 Å². The lowest BCUT2D eigenvalue weighted by Gasteiger charge is -2.48. The third-order valence-corrected chi connectivity index (χ3v) is 8.44. The van der Waals surface area contributed by atoms with Crippen LogP contribution in [0, 0.1) is 18.3 Å². The summed E-state index contributed by atoms with van der Waals surface area (Å²) in [5.74, 6) is 0.287. The molecule has 5 heteroatoms. The van der Waals surface area contributed by atoms with E-state index in [2.05, 4.69) is 20.8 Å². The smallest absolute Gasteiger partial charge is 0.343 e. The topological polar surface area (TPSA) is 72.8 Å². The number of aryl methyl sites for hydroxylation is 1. The third kappa shape index (κ3) is 2.23. The van der Waals surface area contributed by atoms with Gasteiger partial charge in [0.25, 0.3) is 0 Å². The Bertz CT molecular complexity index is 1100. The molecular formula is C25H26O5. The van der Waals surface area contributed by atoms with Gasteiger partial charge in [-0.1, -0.05) is 13.8 Å². The molecule has 0 aromatic heterocycles. The van der Waals surface area contributed by atoms with Gasteiger partial charge >= 0.3 is 11.9 Å². The molecule has 5 nitrogen and oxygen atoms in total. The Labute approximate surface area is 176 Å². The summed E-state index contributed by atoms with van der Waals surface area (Å²) in [6.07, 6.45) is 3.52. The van der Waals surface area contributed by atoms with Crippen molar-refractivity contribution in [2.45, 2.75) is 58.0 Å². The van der Waals surface area contributed by atoms with Gasteiger partial charge in [0.05, 0.1) is 11.1 Å². The minimum absolute atomic E-state index is 0.145. The molecule has 1 aliphatic heterocycles. The van der Waals surface area contributed by atoms with Crippen LogP contribution < -0.4 is 9.47 Å². The zero-order valence-electron chi connectivity index (χ0n) is 17.7. The second kappa shape index (κ2) is 5.87. The zero-order valence-corrected chi connectivity index (χ0v) is 17.7. The molecule has 2 saturated carbocycles. The summed E-state index contributed by atoms with van der Waals surface area (Å²) >= 11 is 0. The van der Waals surface area contributed by atoms with E-state index in [1.165, 1.54) is 25.0 Å². The predicted molar refractivity (Wildman–Crippen MR) is 111 cm³/mol. The molecule has 0 saturated heterocycles. The Morgan fingerprint density at radius 2 is 1.90 bits per heavy atom. The SMILES string of the molecule is Cc1cc(OC(=O)c2ccc3c(c2)C2(C)C4(C)CCC(C4)C2(C)O3)ccc1C(=O)O. The Hall–Kier alpha value is -2.82. The maximum absolute atomic E-state index is 12.9. The average molecular weight is 406 g/mol. The number of hydrogen-bond acceptors (Lipinski definition) is 4. The monoisotopic (exact) mass is 406 g/mol. The number of esters is 1. The summed E-state index contributed by atoms with van der Waals surface area (Å²) in [5.41, 5.74) is 2.10. The first-order valence-corrected chi connectivity index (χ1v) is 10.5. The molecule has 0 spiro atoms. The number of carbonyl (C=O) groups is 2. The number of benzene rings is 2. The Balaban J connectivity index is 1.47. The minimum atomic E-state index is -1.00. The maximum atomic E-state index is 12.9. The van der Waals surface area contributed by atoms with E-state index >= 15 is 0 Å². The van der Waals surface area contributed by atoms with Crippen LogP contribution >= 0.6 is 0 Å². The summed E-state index contributed by atoms with van der Waals surface area (Å²) in [6, 6.07) is 10.1. The number of fused-ring (bicyclic) bond motifs is 7. The minimum Gasteiger partial charge on any atom is -0.486 e. The van der Waals surface area contributed by atoms with Gasteiger partial charge in [-0.3, -0.25) is 0 Å². The zero-order chi connectivity index (χ0) is 21.5. The molecule has 2 aromatic rings. The molecule has 4 atom stereocenters. The first kappa shape index (κ1) is 19.2. The highest BCUT2D eigenvalue weighted by molar-refractivity contribution is 5.92. The summed E-state index contributed by atoms with van der Waals surface area (Å²) in [4.78, 5) is 24.1. The fraction of sp³-hybridized carbons (Fsp3) is 0.440. The highest BCUT2D eigenvalue weighted by Crippen LogP contribution is 2.73. The third-order valence-electron chi connectivity index (χ3n) is 8.44. The number of carbonyl (C=O) groups excluding carboxylic acids is 1. The van der Waals surface area contributed by atoms with Crippen LogP contribution in [0.2, 0.25) is 0 Å². The Morgan fingerprint density at radius 3 is 2.60 bits per heavy atom. The number of aromatic carboxylic acids is 1. The van der Waals surface area contributed by atoms with E-state index < -0.39 is 11.9 Å². The number of hydrogen-bond donors (Lipinski definition) is 1. The normalized spacial score (nSPS) is 33.0. The van der Waals surface area contributed by atoms with Gasteiger partial charge in [-0.25, -0.2) is 9.59 Å². The van der Waals surface area contributed by atoms with Crippen LogP contribution in [0.5, 0.6) is 11.5 Å². The summed E-state index contributed by atoms with van der Waals surface area (Å²) < 4.78 is 12.1. The van der Waals surface area contributed by atoms with Gasteiger partial charge < -0.3 is 14.6 Å². The molecule has 5 rings (SSSR count). The van der Waals surface area contributed by atoms with Crippen molar-refractivity contribution >= 4 is 11.9 Å². The summed E-state index contributed by atoms with van der Waals surface area (Å²) in [7, 11) is 0. The summed E-state index contributed by atoms with van der Waals surface area (Å²) in [6.45, 7) is 8.56. The largest absolute Gasteiger partial charge is 0.486 e. The molecule has 2 bridgehead atoms. The molecule has 2 aliphatic carbocycles. The van der Waals surface area contributed by atoms with E-state index in [9.17, 15) is 14.7 Å². The molecule has 0 radical (unpaired) electrons. The van der Waals surface area contributed by atoms with Gasteiger partial charge in [0, 0.05) is 11.0 Å². The lowest BCUT2D eigenvalue weighted by atomic mass is 9.56. The lowest BCUT2D eigenvalue weighted by molar-refractivity contribution is -0.0260. The number of ether oxygens (including phenoxy) is 2. The van der Waals surface area contributed by atoms with Crippen LogP contribution in [0.3, 0.4) is 0 Å². The first-order valence-electron chi connectivity index (χ1n) is 10.5. The Morgan fingerprint density at radius 1 is 1.13 bits per heavy atom. The van der Waals surface area contributed by atoms with E-state index in [0.29, 0.717) is 22.8 Å². The van der Waals surface area contributed by atoms with Crippen LogP contribution in [0.25, 0.3) is 0 Å². The molecular weight excluding hydrogens is 380 g/mol. The predicted octanol–water partition coefficient (Wildman–Crippen LogP) is 5.14. The first-order chi connectivity index (χ1) is 14.1. The molecule has 1 N–H and O–H groups in total. The molecule has 2 fully saturated rings. The molecule has 0 amide bonds. The van der Waals surface area contributed by atoms with Crippen molar-refractivity contribution in [2.75, 3.05) is 0 Å². The standard InChI is InChI=1S/C25H26O5/c1-14-11-17(6-7-18(14)21(26)27)29-22(28)15-5-8-20-19(12-15)24(3)23(2)10-9-16(13-23)25(24,4)30-20/h5-8,11-12,16H,9-10,13H2,1-4H3,(H,26,27). The van der Waals surface area contributed by atoms with Crippen LogP contribution in [0.15, 0.2) is 36.4 Å². The lowest BCUT2D eigenvalue weighted by Crippen LogP contribution is -2.54. The highest BCUT2D eigenvalue weighted by atomic mass is 16.5. The fourth-order valence-electron chi connectivity index (χ4n) is 6.42. The second-order valence-electron chi connectivity index (χ2n) is 9.72. The summed E-state index contributed by atoms with van der Waals surface area (Å²) in [5, 5.41) is 9.17. The van der Waals surface area contributed by atoms with Crippen molar-refractivity contribution in [3.05, 3.63) is 58.7 Å². The van der Waals surface area contributed by atoms with Crippen molar-refractivity contribution in [1.82, 2.24) is 0 Å². The van der Waals surface area contributed by atoms with Gasteiger partial charge in [-0.2, -0.15) is 0 Å². The molecule has 156 valence electrons. The fourth-order valence-corrected chi connectivity index (χ4v) is 6.42. The number of carboxylic acid groups (broad SMARTS) is 1. The van der Waals surface area contributed by atoms with E-state index in [1.54, 1.807) is 19.1 Å². The van der Waals surface area contributed by atoms with Gasteiger partial charge in [-0.05, 0) is 86.4 Å². The molecule has 1 heterocycles. The van der Waals surface area contributed by atoms with Crippen LogP contribution in [0.4, 0.5) is 0 Å². The van der Waals surface area contributed by atoms with Crippen molar-refractivity contribution in [3.8, 4) is 11.5 Å². The van der Waals surface area contributed by atoms with Crippen LogP contribution in [0.1, 0.15) is 71.9 Å². The van der Waals surface area contributed by atoms with E-state index in [-0.39, 0.29) is 22.0 Å². The maximum Gasteiger partial charge on any atom is 0.343 e. The van der Waals surface area contributed by atoms with Gasteiger partial charge in [0.2, 0.25) is 0 Å². The van der Waals surface area contributed by atoms with E-state index in [4.69, 9.17) is 9.47 Å². The van der Waals surface area contributed by atoms with Gasteiger partial charge in [0.1, 0.15) is 17.1 Å². The molecule has 4 unspecified atom stereocenters. The van der Waals surface area contributed by atoms with Crippen molar-refractivity contribution in [1.29, 1.82) is 0 Å². The van der Waals surface area contributed by atoms with Crippen molar-refractivity contribution in [3.63, 3.8) is 0 Å². The number of rotatable bonds is 3. The van der Waals surface area contributed by atoms with E-state index in [1.807, 2.05) is 12.1 Å². The molecule has 3 aliphatic rings. The van der Waals surface area contributed by atoms with Crippen LogP contribution in [-0.4, -0.2) is 22.6 Å². The highest BCUT2D eigenvalue weighted by Gasteiger charge is 2.73. The van der Waals surface area contributed by atoms with Crippen molar-refractivity contribution in [2.24, 2.45) is 11.3 Å². The number of carboxylic acids is 1. The molecule has 30 heavy (non-hydrogen) atoms. The average Bonchev–Trinajstić information content (AvgIpc) is 3.25. The Kier molecular flexibility index (Phi) is 3.75. The van der Waals surface area contributed by atoms with Crippen molar-refractivity contribution < 1.29 is 24.2 Å². The van der Waals surface area contributed by atoms with E-state index in [0.717, 1.165) is 17.7 Å². The van der Waals surface area contributed by atoms with Gasteiger partial charge in [-0.15, -0.1) is 0 Å². The second-order valence-corrected chi connectivity index (χ2v) is 9.72. The quantitative estimate of drug-likeness (QED) is 0.564. The molecule has 2 aromatic carbocycles. The van der Waals surface area contributed by atoms with Gasteiger partial charge in [0.15, 0.2) is 0 Å².